The minimum atomic E-state index is -0.00610. The molecule has 3 N–H and O–H groups in total. The third-order valence-electron chi connectivity index (χ3n) is 4.16. The molecule has 21 heavy (non-hydrogen) atoms. The Balaban J connectivity index is 0.00000220. The summed E-state index contributed by atoms with van der Waals surface area (Å²) in [5, 5.41) is 3.05. The van der Waals surface area contributed by atoms with E-state index >= 15 is 0 Å². The fourth-order valence-electron chi connectivity index (χ4n) is 2.96. The molecule has 4 nitrogen and oxygen atoms in total. The van der Waals surface area contributed by atoms with E-state index in [0.29, 0.717) is 19.5 Å². The number of benzene rings is 1. The van der Waals surface area contributed by atoms with Crippen molar-refractivity contribution in [2.24, 2.45) is 5.73 Å². The maximum absolute atomic E-state index is 11.7. The summed E-state index contributed by atoms with van der Waals surface area (Å²) in [6.07, 6.45) is 2.28. The van der Waals surface area contributed by atoms with E-state index in [1.807, 2.05) is 0 Å². The number of ether oxygens (including phenoxy) is 1. The molecule has 1 saturated heterocycles. The molecule has 1 heterocycles. The summed E-state index contributed by atoms with van der Waals surface area (Å²) in [6.45, 7) is 4.70. The van der Waals surface area contributed by atoms with Crippen molar-refractivity contribution in [2.75, 3.05) is 26.3 Å². The van der Waals surface area contributed by atoms with Crippen LogP contribution >= 0.6 is 12.4 Å². The van der Waals surface area contributed by atoms with Gasteiger partial charge in [-0.15, -0.1) is 12.4 Å². The van der Waals surface area contributed by atoms with Gasteiger partial charge in [0.05, 0.1) is 0 Å². The first-order chi connectivity index (χ1) is 9.68. The summed E-state index contributed by atoms with van der Waals surface area (Å²) in [5.41, 5.74) is 8.03. The largest absolute Gasteiger partial charge is 0.381 e. The van der Waals surface area contributed by atoms with Crippen molar-refractivity contribution in [3.8, 4) is 0 Å². The average molecular weight is 313 g/mol. The van der Waals surface area contributed by atoms with Crippen molar-refractivity contribution in [3.05, 3.63) is 35.4 Å². The number of nitrogens with one attached hydrogen (secondary N) is 1. The Bertz CT molecular complexity index is 459. The van der Waals surface area contributed by atoms with Crippen LogP contribution < -0.4 is 11.1 Å². The highest BCUT2D eigenvalue weighted by Crippen LogP contribution is 2.36. The zero-order valence-electron chi connectivity index (χ0n) is 12.6. The molecule has 118 valence electrons. The molecular formula is C16H25ClN2O2. The van der Waals surface area contributed by atoms with Crippen LogP contribution in [0.15, 0.2) is 24.3 Å². The molecule has 2 rings (SSSR count). The van der Waals surface area contributed by atoms with Crippen molar-refractivity contribution in [1.82, 2.24) is 5.32 Å². The lowest BCUT2D eigenvalue weighted by molar-refractivity contribution is -0.121. The Hall–Kier alpha value is -1.10. The molecule has 1 aliphatic rings. The quantitative estimate of drug-likeness (QED) is 0.873. The Morgan fingerprint density at radius 1 is 1.33 bits per heavy atom. The molecular weight excluding hydrogens is 288 g/mol. The number of nitrogens with two attached hydrogens (primary N) is 1. The molecule has 1 amide bonds. The van der Waals surface area contributed by atoms with E-state index in [1.165, 1.54) is 11.1 Å². The van der Waals surface area contributed by atoms with Crippen LogP contribution in [0.2, 0.25) is 0 Å². The van der Waals surface area contributed by atoms with Crippen LogP contribution in [-0.2, 0) is 14.9 Å². The zero-order valence-corrected chi connectivity index (χ0v) is 13.4. The third kappa shape index (κ3) is 4.43. The standard InChI is InChI=1S/C16H24N2O2.ClH/c1-13-4-2-3-5-14(13)16(7-10-20-11-8-16)12-18-15(19)6-9-17;/h2-5H,6-12,17H2,1H3,(H,18,19);1H. The average Bonchev–Trinajstić information content (AvgIpc) is 2.47. The van der Waals surface area contributed by atoms with Crippen molar-refractivity contribution in [3.63, 3.8) is 0 Å². The van der Waals surface area contributed by atoms with Gasteiger partial charge in [-0.05, 0) is 30.9 Å². The van der Waals surface area contributed by atoms with Gasteiger partial charge in [-0.25, -0.2) is 0 Å². The molecule has 0 aromatic heterocycles. The van der Waals surface area contributed by atoms with Gasteiger partial charge in [0.1, 0.15) is 0 Å². The Morgan fingerprint density at radius 3 is 2.62 bits per heavy atom. The maximum atomic E-state index is 11.7. The summed E-state index contributed by atoms with van der Waals surface area (Å²) in [6, 6.07) is 8.43. The molecule has 1 aromatic carbocycles. The lowest BCUT2D eigenvalue weighted by Gasteiger charge is -2.39. The SMILES string of the molecule is Cc1ccccc1C1(CNC(=O)CCN)CCOCC1.Cl. The topological polar surface area (TPSA) is 64.4 Å². The normalized spacial score (nSPS) is 16.9. The van der Waals surface area contributed by atoms with Gasteiger partial charge in [0.15, 0.2) is 0 Å². The molecule has 0 radical (unpaired) electrons. The summed E-state index contributed by atoms with van der Waals surface area (Å²) in [7, 11) is 0. The van der Waals surface area contributed by atoms with E-state index in [4.69, 9.17) is 10.5 Å². The van der Waals surface area contributed by atoms with E-state index in [1.54, 1.807) is 0 Å². The van der Waals surface area contributed by atoms with Crippen LogP contribution in [0.25, 0.3) is 0 Å². The molecule has 0 unspecified atom stereocenters. The summed E-state index contributed by atoms with van der Waals surface area (Å²) in [4.78, 5) is 11.7. The number of hydrogen-bond donors (Lipinski definition) is 2. The highest BCUT2D eigenvalue weighted by atomic mass is 35.5. The lowest BCUT2D eigenvalue weighted by Crippen LogP contribution is -2.45. The van der Waals surface area contributed by atoms with Crippen LogP contribution in [0, 0.1) is 6.92 Å². The molecule has 5 heteroatoms. The molecule has 0 atom stereocenters. The summed E-state index contributed by atoms with van der Waals surface area (Å²) in [5.74, 6) is 0.0342. The third-order valence-corrected chi connectivity index (χ3v) is 4.16. The predicted octanol–water partition coefficient (Wildman–Crippen LogP) is 1.93. The highest BCUT2D eigenvalue weighted by Gasteiger charge is 2.35. The Labute approximate surface area is 132 Å². The molecule has 0 saturated carbocycles. The number of carbonyl (C=O) groups excluding carboxylic acids is 1. The molecule has 0 aliphatic carbocycles. The number of amides is 1. The van der Waals surface area contributed by atoms with Gasteiger partial charge in [0, 0.05) is 38.1 Å². The van der Waals surface area contributed by atoms with Crippen molar-refractivity contribution >= 4 is 18.3 Å². The first-order valence-electron chi connectivity index (χ1n) is 7.28. The van der Waals surface area contributed by atoms with E-state index in [-0.39, 0.29) is 23.7 Å². The number of halogens is 1. The number of hydrogen-bond acceptors (Lipinski definition) is 3. The fraction of sp³-hybridized carbons (Fsp3) is 0.562. The first-order valence-corrected chi connectivity index (χ1v) is 7.28. The fourth-order valence-corrected chi connectivity index (χ4v) is 2.96. The van der Waals surface area contributed by atoms with Crippen LogP contribution in [0.4, 0.5) is 0 Å². The molecule has 1 aromatic rings. The van der Waals surface area contributed by atoms with E-state index < -0.39 is 0 Å². The van der Waals surface area contributed by atoms with Crippen LogP contribution in [0.5, 0.6) is 0 Å². The molecule has 0 bridgehead atoms. The Kier molecular flexibility index (Phi) is 7.15. The minimum Gasteiger partial charge on any atom is -0.381 e. The van der Waals surface area contributed by atoms with E-state index in [9.17, 15) is 4.79 Å². The number of carbonyl (C=O) groups is 1. The van der Waals surface area contributed by atoms with Gasteiger partial charge < -0.3 is 15.8 Å². The van der Waals surface area contributed by atoms with Gasteiger partial charge in [-0.1, -0.05) is 24.3 Å². The number of aryl methyl sites for hydroxylation is 1. The minimum absolute atomic E-state index is 0. The zero-order chi connectivity index (χ0) is 14.4. The summed E-state index contributed by atoms with van der Waals surface area (Å²) >= 11 is 0. The van der Waals surface area contributed by atoms with Gasteiger partial charge in [0.25, 0.3) is 0 Å². The first kappa shape index (κ1) is 18.0. The van der Waals surface area contributed by atoms with Crippen LogP contribution in [-0.4, -0.2) is 32.2 Å². The van der Waals surface area contributed by atoms with Crippen LogP contribution in [0.3, 0.4) is 0 Å². The lowest BCUT2D eigenvalue weighted by atomic mass is 9.72. The van der Waals surface area contributed by atoms with Gasteiger partial charge in [0.2, 0.25) is 5.91 Å². The monoisotopic (exact) mass is 312 g/mol. The van der Waals surface area contributed by atoms with Gasteiger partial charge in [-0.3, -0.25) is 4.79 Å². The molecule has 1 fully saturated rings. The smallest absolute Gasteiger partial charge is 0.221 e. The van der Waals surface area contributed by atoms with Crippen molar-refractivity contribution in [2.45, 2.75) is 31.6 Å². The van der Waals surface area contributed by atoms with Crippen molar-refractivity contribution in [1.29, 1.82) is 0 Å². The van der Waals surface area contributed by atoms with Gasteiger partial charge in [-0.2, -0.15) is 0 Å². The van der Waals surface area contributed by atoms with Crippen LogP contribution in [0.1, 0.15) is 30.4 Å². The Morgan fingerprint density at radius 2 is 2.00 bits per heavy atom. The van der Waals surface area contributed by atoms with Crippen molar-refractivity contribution < 1.29 is 9.53 Å². The predicted molar refractivity (Wildman–Crippen MR) is 86.8 cm³/mol. The number of rotatable bonds is 5. The molecule has 0 spiro atoms. The van der Waals surface area contributed by atoms with Gasteiger partial charge >= 0.3 is 0 Å². The second-order valence-electron chi connectivity index (χ2n) is 5.52. The molecule has 1 aliphatic heterocycles. The maximum Gasteiger partial charge on any atom is 0.221 e. The summed E-state index contributed by atoms with van der Waals surface area (Å²) < 4.78 is 5.51. The second kappa shape index (κ2) is 8.37. The van der Waals surface area contributed by atoms with E-state index in [0.717, 1.165) is 26.1 Å². The van der Waals surface area contributed by atoms with E-state index in [2.05, 4.69) is 36.5 Å². The highest BCUT2D eigenvalue weighted by molar-refractivity contribution is 5.85. The second-order valence-corrected chi connectivity index (χ2v) is 5.52.